The summed E-state index contributed by atoms with van der Waals surface area (Å²) >= 11 is 0. The quantitative estimate of drug-likeness (QED) is 0.420. The Morgan fingerprint density at radius 2 is 1.84 bits per heavy atom. The van der Waals surface area contributed by atoms with Crippen LogP contribution in [0, 0.1) is 11.7 Å². The molecule has 2 aromatic carbocycles. The molecule has 0 saturated heterocycles. The third kappa shape index (κ3) is 4.69. The summed E-state index contributed by atoms with van der Waals surface area (Å²) in [5, 5.41) is 4.81. The van der Waals surface area contributed by atoms with Gasteiger partial charge in [-0.25, -0.2) is 9.07 Å². The Balaban J connectivity index is 1.76. The molecule has 1 amide bonds. The van der Waals surface area contributed by atoms with Gasteiger partial charge in [0.25, 0.3) is 0 Å². The van der Waals surface area contributed by atoms with E-state index in [1.165, 1.54) is 12.1 Å². The molecule has 3 aromatic rings. The molecule has 1 aromatic heterocycles. The topological polar surface area (TPSA) is 47.4 Å². The average molecular weight is 436 g/mol. The van der Waals surface area contributed by atoms with Crippen LogP contribution in [0.5, 0.6) is 11.6 Å². The molecule has 168 valence electrons. The average Bonchev–Trinajstić information content (AvgIpc) is 3.10. The minimum Gasteiger partial charge on any atom is -0.439 e. The third-order valence-corrected chi connectivity index (χ3v) is 5.99. The molecule has 1 aliphatic rings. The van der Waals surface area contributed by atoms with Crippen molar-refractivity contribution in [2.75, 3.05) is 6.54 Å². The highest BCUT2D eigenvalue weighted by atomic mass is 19.1. The number of hydrogen-bond donors (Lipinski definition) is 0. The Morgan fingerprint density at radius 1 is 1.12 bits per heavy atom. The van der Waals surface area contributed by atoms with Crippen molar-refractivity contribution in [3.8, 4) is 17.3 Å². The van der Waals surface area contributed by atoms with Gasteiger partial charge in [0.15, 0.2) is 0 Å². The monoisotopic (exact) mass is 435 g/mol. The van der Waals surface area contributed by atoms with Crippen molar-refractivity contribution in [2.45, 2.75) is 52.5 Å². The Morgan fingerprint density at radius 3 is 2.44 bits per heavy atom. The van der Waals surface area contributed by atoms with Gasteiger partial charge in [-0.2, -0.15) is 5.10 Å². The largest absolute Gasteiger partial charge is 0.439 e. The standard InChI is InChI=1S/C26H30FN3O2/c1-3-17-29(25(31)19-9-8-10-19)18-23-24(4-2)28-30(21-15-13-20(27)14-16-21)26(23)32-22-11-6-5-7-12-22/h5-7,11-16,19H,3-4,8-10,17-18H2,1-2H3. The minimum absolute atomic E-state index is 0.136. The summed E-state index contributed by atoms with van der Waals surface area (Å²) in [6.45, 7) is 5.29. The van der Waals surface area contributed by atoms with Gasteiger partial charge in [-0.05, 0) is 62.1 Å². The van der Waals surface area contributed by atoms with Crippen LogP contribution < -0.4 is 4.74 Å². The molecule has 1 saturated carbocycles. The Labute approximate surface area is 188 Å². The number of amides is 1. The number of carbonyl (C=O) groups excluding carboxylic acids is 1. The molecule has 4 rings (SSSR count). The molecule has 0 atom stereocenters. The normalized spacial score (nSPS) is 13.6. The molecule has 1 aliphatic carbocycles. The predicted octanol–water partition coefficient (Wildman–Crippen LogP) is 5.90. The highest BCUT2D eigenvalue weighted by molar-refractivity contribution is 5.79. The first-order chi connectivity index (χ1) is 15.6. The van der Waals surface area contributed by atoms with Crippen LogP contribution in [0.1, 0.15) is 50.8 Å². The van der Waals surface area contributed by atoms with E-state index >= 15 is 0 Å². The number of hydrogen-bond acceptors (Lipinski definition) is 3. The summed E-state index contributed by atoms with van der Waals surface area (Å²) < 4.78 is 21.6. The smallest absolute Gasteiger partial charge is 0.227 e. The number of rotatable bonds is 9. The van der Waals surface area contributed by atoms with Crippen LogP contribution >= 0.6 is 0 Å². The lowest BCUT2D eigenvalue weighted by Gasteiger charge is -2.31. The number of halogens is 1. The molecule has 0 unspecified atom stereocenters. The number of aryl methyl sites for hydroxylation is 1. The number of benzene rings is 2. The van der Waals surface area contributed by atoms with E-state index in [-0.39, 0.29) is 17.6 Å². The number of para-hydroxylation sites is 1. The van der Waals surface area contributed by atoms with Crippen molar-refractivity contribution >= 4 is 5.91 Å². The van der Waals surface area contributed by atoms with E-state index in [2.05, 4.69) is 6.92 Å². The van der Waals surface area contributed by atoms with E-state index in [1.807, 2.05) is 42.2 Å². The lowest BCUT2D eigenvalue weighted by molar-refractivity contribution is -0.138. The van der Waals surface area contributed by atoms with Crippen LogP contribution in [-0.2, 0) is 17.8 Å². The van der Waals surface area contributed by atoms with Crippen molar-refractivity contribution in [1.82, 2.24) is 14.7 Å². The molecule has 1 heterocycles. The number of carbonyl (C=O) groups is 1. The van der Waals surface area contributed by atoms with Gasteiger partial charge in [-0.15, -0.1) is 0 Å². The first-order valence-electron chi connectivity index (χ1n) is 11.5. The second kappa shape index (κ2) is 9.98. The molecule has 0 N–H and O–H groups in total. The highest BCUT2D eigenvalue weighted by Gasteiger charge is 2.31. The molecular weight excluding hydrogens is 405 g/mol. The fourth-order valence-corrected chi connectivity index (χ4v) is 4.02. The molecular formula is C26H30FN3O2. The summed E-state index contributed by atoms with van der Waals surface area (Å²) in [7, 11) is 0. The Bertz CT molecular complexity index is 1040. The van der Waals surface area contributed by atoms with Crippen molar-refractivity contribution in [2.24, 2.45) is 5.92 Å². The zero-order valence-corrected chi connectivity index (χ0v) is 18.8. The summed E-state index contributed by atoms with van der Waals surface area (Å²) in [4.78, 5) is 15.1. The van der Waals surface area contributed by atoms with Gasteiger partial charge in [-0.3, -0.25) is 4.79 Å². The van der Waals surface area contributed by atoms with Crippen LogP contribution in [0.25, 0.3) is 5.69 Å². The van der Waals surface area contributed by atoms with Crippen molar-refractivity contribution in [3.63, 3.8) is 0 Å². The van der Waals surface area contributed by atoms with Gasteiger partial charge in [0, 0.05) is 12.5 Å². The van der Waals surface area contributed by atoms with E-state index < -0.39 is 0 Å². The van der Waals surface area contributed by atoms with Crippen molar-refractivity contribution in [1.29, 1.82) is 0 Å². The van der Waals surface area contributed by atoms with Gasteiger partial charge < -0.3 is 9.64 Å². The second-order valence-corrected chi connectivity index (χ2v) is 8.27. The molecule has 0 aliphatic heterocycles. The minimum atomic E-state index is -0.303. The lowest BCUT2D eigenvalue weighted by Crippen LogP contribution is -2.39. The number of nitrogens with zero attached hydrogens (tertiary/aromatic N) is 3. The highest BCUT2D eigenvalue weighted by Crippen LogP contribution is 2.34. The zero-order valence-electron chi connectivity index (χ0n) is 18.8. The fourth-order valence-electron chi connectivity index (χ4n) is 4.02. The fraction of sp³-hybridized carbons (Fsp3) is 0.385. The zero-order chi connectivity index (χ0) is 22.5. The van der Waals surface area contributed by atoms with Crippen LogP contribution in [0.4, 0.5) is 4.39 Å². The van der Waals surface area contributed by atoms with Crippen LogP contribution in [0.15, 0.2) is 54.6 Å². The maximum Gasteiger partial charge on any atom is 0.227 e. The SMILES string of the molecule is CCCN(Cc1c(CC)nn(-c2ccc(F)cc2)c1Oc1ccccc1)C(=O)C1CCC1. The first kappa shape index (κ1) is 22.1. The van der Waals surface area contributed by atoms with Crippen molar-refractivity contribution in [3.05, 3.63) is 71.7 Å². The van der Waals surface area contributed by atoms with E-state index in [4.69, 9.17) is 9.84 Å². The van der Waals surface area contributed by atoms with Crippen molar-refractivity contribution < 1.29 is 13.9 Å². The number of ether oxygens (including phenoxy) is 1. The first-order valence-corrected chi connectivity index (χ1v) is 11.5. The summed E-state index contributed by atoms with van der Waals surface area (Å²) in [6.07, 6.45) is 4.67. The summed E-state index contributed by atoms with van der Waals surface area (Å²) in [6, 6.07) is 15.7. The van der Waals surface area contributed by atoms with E-state index in [9.17, 15) is 9.18 Å². The van der Waals surface area contributed by atoms with Gasteiger partial charge >= 0.3 is 0 Å². The predicted molar refractivity (Wildman–Crippen MR) is 122 cm³/mol. The maximum absolute atomic E-state index is 13.6. The third-order valence-electron chi connectivity index (χ3n) is 5.99. The number of aromatic nitrogens is 2. The van der Waals surface area contributed by atoms with E-state index in [0.717, 1.165) is 36.9 Å². The van der Waals surface area contributed by atoms with Crippen LogP contribution in [0.3, 0.4) is 0 Å². The maximum atomic E-state index is 13.6. The van der Waals surface area contributed by atoms with Crippen LogP contribution in [-0.4, -0.2) is 27.1 Å². The van der Waals surface area contributed by atoms with Gasteiger partial charge in [0.2, 0.25) is 11.8 Å². The molecule has 0 spiro atoms. The van der Waals surface area contributed by atoms with Gasteiger partial charge in [0.05, 0.1) is 23.5 Å². The summed E-state index contributed by atoms with van der Waals surface area (Å²) in [5.74, 6) is 1.31. The second-order valence-electron chi connectivity index (χ2n) is 8.27. The Hall–Kier alpha value is -3.15. The van der Waals surface area contributed by atoms with Gasteiger partial charge in [0.1, 0.15) is 11.6 Å². The van der Waals surface area contributed by atoms with E-state index in [0.29, 0.717) is 36.8 Å². The lowest BCUT2D eigenvalue weighted by atomic mass is 9.84. The Kier molecular flexibility index (Phi) is 6.88. The summed E-state index contributed by atoms with van der Waals surface area (Å²) in [5.41, 5.74) is 2.50. The molecule has 5 nitrogen and oxygen atoms in total. The molecule has 0 bridgehead atoms. The molecule has 1 fully saturated rings. The molecule has 0 radical (unpaired) electrons. The van der Waals surface area contributed by atoms with E-state index in [1.54, 1.807) is 16.8 Å². The molecule has 32 heavy (non-hydrogen) atoms. The van der Waals surface area contributed by atoms with Crippen LogP contribution in [0.2, 0.25) is 0 Å². The molecule has 6 heteroatoms. The van der Waals surface area contributed by atoms with Gasteiger partial charge in [-0.1, -0.05) is 38.5 Å².